The van der Waals surface area contributed by atoms with E-state index < -0.39 is 0 Å². The monoisotopic (exact) mass is 372 g/mol. The molecule has 0 saturated heterocycles. The molecule has 0 bridgehead atoms. The zero-order valence-electron chi connectivity index (χ0n) is 17.9. The fourth-order valence-corrected chi connectivity index (χ4v) is 7.50. The molecule has 4 saturated carbocycles. The lowest BCUT2D eigenvalue weighted by Crippen LogP contribution is -2.52. The summed E-state index contributed by atoms with van der Waals surface area (Å²) in [6, 6.07) is 0. The van der Waals surface area contributed by atoms with Gasteiger partial charge in [0.05, 0.1) is 5.71 Å². The van der Waals surface area contributed by atoms with E-state index in [0.29, 0.717) is 10.8 Å². The molecule has 0 aromatic rings. The zero-order chi connectivity index (χ0) is 19.1. The van der Waals surface area contributed by atoms with Crippen molar-refractivity contribution in [3.05, 3.63) is 12.2 Å². The molecule has 0 aliphatic heterocycles. The molecule has 0 spiro atoms. The lowest BCUT2D eigenvalue weighted by atomic mass is 9.45. The van der Waals surface area contributed by atoms with E-state index in [2.05, 4.69) is 30.9 Å². The van der Waals surface area contributed by atoms with E-state index in [1.54, 1.807) is 5.57 Å². The van der Waals surface area contributed by atoms with E-state index >= 15 is 0 Å². The molecule has 4 aliphatic carbocycles. The van der Waals surface area contributed by atoms with Crippen LogP contribution in [0.25, 0.3) is 0 Å². The average Bonchev–Trinajstić information content (AvgIpc) is 2.97. The lowest BCUT2D eigenvalue weighted by Gasteiger charge is -2.60. The van der Waals surface area contributed by atoms with Gasteiger partial charge in [0, 0.05) is 0 Å². The first-order valence-electron chi connectivity index (χ1n) is 11.5. The van der Waals surface area contributed by atoms with Gasteiger partial charge in [0.25, 0.3) is 0 Å². The minimum absolute atomic E-state index is 0.451. The van der Waals surface area contributed by atoms with Gasteiger partial charge in [-0.25, -0.2) is 0 Å². The summed E-state index contributed by atoms with van der Waals surface area (Å²) in [6.07, 6.45) is 13.0. The highest BCUT2D eigenvalue weighted by Gasteiger charge is 2.58. The second kappa shape index (κ2) is 7.54. The molecule has 4 aliphatic rings. The number of nitrogens with one attached hydrogen (secondary N) is 1. The van der Waals surface area contributed by atoms with Crippen molar-refractivity contribution in [2.45, 2.75) is 78.1 Å². The Balaban J connectivity index is 1.42. The maximum atomic E-state index is 5.61. The van der Waals surface area contributed by atoms with Crippen LogP contribution in [0.15, 0.2) is 17.3 Å². The molecule has 4 unspecified atom stereocenters. The van der Waals surface area contributed by atoms with Crippen molar-refractivity contribution in [1.82, 2.24) is 5.32 Å². The third kappa shape index (κ3) is 3.28. The van der Waals surface area contributed by atoms with Gasteiger partial charge in [-0.2, -0.15) is 0 Å². The predicted octanol–water partition coefficient (Wildman–Crippen LogP) is 5.57. The van der Waals surface area contributed by atoms with Crippen LogP contribution in [0.5, 0.6) is 0 Å². The molecule has 27 heavy (non-hydrogen) atoms. The van der Waals surface area contributed by atoms with Crippen LogP contribution in [-0.2, 0) is 4.84 Å². The van der Waals surface area contributed by atoms with Crippen LogP contribution in [0.3, 0.4) is 0 Å². The molecule has 1 N–H and O–H groups in total. The van der Waals surface area contributed by atoms with E-state index in [0.717, 1.165) is 49.7 Å². The fraction of sp³-hybridized carbons (Fsp3) is 0.875. The molecule has 3 nitrogen and oxygen atoms in total. The number of hydrogen-bond donors (Lipinski definition) is 1. The van der Waals surface area contributed by atoms with Crippen molar-refractivity contribution >= 4 is 5.71 Å². The first kappa shape index (κ1) is 19.5. The summed E-state index contributed by atoms with van der Waals surface area (Å²) >= 11 is 0. The van der Waals surface area contributed by atoms with Gasteiger partial charge < -0.3 is 10.2 Å². The Labute approximate surface area is 166 Å². The van der Waals surface area contributed by atoms with Gasteiger partial charge in [-0.15, -0.1) is 0 Å². The van der Waals surface area contributed by atoms with Crippen LogP contribution < -0.4 is 5.32 Å². The van der Waals surface area contributed by atoms with Gasteiger partial charge >= 0.3 is 0 Å². The maximum Gasteiger partial charge on any atom is 0.118 e. The van der Waals surface area contributed by atoms with Gasteiger partial charge in [0.1, 0.15) is 6.61 Å². The maximum absolute atomic E-state index is 5.61. The average molecular weight is 373 g/mol. The van der Waals surface area contributed by atoms with Crippen LogP contribution in [0.2, 0.25) is 0 Å². The number of hydrogen-bond acceptors (Lipinski definition) is 3. The molecule has 0 amide bonds. The van der Waals surface area contributed by atoms with Crippen LogP contribution >= 0.6 is 0 Å². The molecule has 3 heteroatoms. The highest BCUT2D eigenvalue weighted by atomic mass is 16.6. The molecule has 4 fully saturated rings. The highest BCUT2D eigenvalue weighted by molar-refractivity contribution is 5.85. The van der Waals surface area contributed by atoms with Crippen molar-refractivity contribution < 1.29 is 4.84 Å². The minimum Gasteiger partial charge on any atom is -0.396 e. The number of nitrogens with zero attached hydrogens (tertiary/aromatic N) is 1. The third-order valence-electron chi connectivity index (χ3n) is 9.31. The summed E-state index contributed by atoms with van der Waals surface area (Å²) in [5.41, 5.74) is 3.87. The summed E-state index contributed by atoms with van der Waals surface area (Å²) in [7, 11) is 1.99. The zero-order valence-corrected chi connectivity index (χ0v) is 17.9. The molecule has 6 atom stereocenters. The van der Waals surface area contributed by atoms with Crippen LogP contribution in [0.1, 0.15) is 78.1 Å². The summed E-state index contributed by atoms with van der Waals surface area (Å²) in [5.74, 6) is 3.60. The smallest absolute Gasteiger partial charge is 0.118 e. The van der Waals surface area contributed by atoms with Crippen LogP contribution in [0, 0.1) is 34.5 Å². The summed E-state index contributed by atoms with van der Waals surface area (Å²) < 4.78 is 0. The Hall–Kier alpha value is -0.830. The molecule has 152 valence electrons. The third-order valence-corrected chi connectivity index (χ3v) is 9.31. The van der Waals surface area contributed by atoms with E-state index in [1.807, 2.05) is 7.05 Å². The number of allylic oxidation sites excluding steroid dienone is 1. The van der Waals surface area contributed by atoms with E-state index in [1.165, 1.54) is 57.1 Å². The van der Waals surface area contributed by atoms with E-state index in [9.17, 15) is 0 Å². The van der Waals surface area contributed by atoms with Gasteiger partial charge in [-0.3, -0.25) is 0 Å². The Bertz CT molecular complexity index is 599. The molecular formula is C24H40N2O. The van der Waals surface area contributed by atoms with Gasteiger partial charge in [-0.05, 0) is 112 Å². The molecule has 0 aromatic carbocycles. The largest absolute Gasteiger partial charge is 0.396 e. The predicted molar refractivity (Wildman–Crippen MR) is 113 cm³/mol. The van der Waals surface area contributed by atoms with Crippen molar-refractivity contribution in [3.63, 3.8) is 0 Å². The van der Waals surface area contributed by atoms with Gasteiger partial charge in [0.2, 0.25) is 0 Å². The van der Waals surface area contributed by atoms with E-state index in [4.69, 9.17) is 4.84 Å². The van der Waals surface area contributed by atoms with E-state index in [-0.39, 0.29) is 0 Å². The number of oxime groups is 1. The Kier molecular flexibility index (Phi) is 5.44. The highest BCUT2D eigenvalue weighted by Crippen LogP contribution is 2.66. The SMILES string of the molecule is C=C1CCC2C3CCC4CC(=NOCCCNC)CC[C@]4(C)C3CC[C@]12C. The Morgan fingerprint density at radius 3 is 2.78 bits per heavy atom. The van der Waals surface area contributed by atoms with Gasteiger partial charge in [0.15, 0.2) is 0 Å². The van der Waals surface area contributed by atoms with Crippen molar-refractivity contribution in [2.24, 2.45) is 39.7 Å². The lowest BCUT2D eigenvalue weighted by molar-refractivity contribution is -0.0859. The number of rotatable bonds is 5. The molecule has 0 radical (unpaired) electrons. The first-order valence-corrected chi connectivity index (χ1v) is 11.5. The normalized spacial score (nSPS) is 45.3. The van der Waals surface area contributed by atoms with Crippen molar-refractivity contribution in [1.29, 1.82) is 0 Å². The van der Waals surface area contributed by atoms with Crippen LogP contribution in [-0.4, -0.2) is 25.9 Å². The fourth-order valence-electron chi connectivity index (χ4n) is 7.50. The first-order chi connectivity index (χ1) is 13.0. The quantitative estimate of drug-likeness (QED) is 0.389. The van der Waals surface area contributed by atoms with Crippen molar-refractivity contribution in [2.75, 3.05) is 20.2 Å². The molecule has 0 aromatic heterocycles. The van der Waals surface area contributed by atoms with Crippen LogP contribution in [0.4, 0.5) is 0 Å². The topological polar surface area (TPSA) is 33.6 Å². The van der Waals surface area contributed by atoms with Gasteiger partial charge in [-0.1, -0.05) is 31.2 Å². The van der Waals surface area contributed by atoms with Crippen molar-refractivity contribution in [3.8, 4) is 0 Å². The second-order valence-electron chi connectivity index (χ2n) is 10.4. The number of fused-ring (bicyclic) bond motifs is 5. The Morgan fingerprint density at radius 1 is 1.11 bits per heavy atom. The summed E-state index contributed by atoms with van der Waals surface area (Å²) in [5, 5.41) is 7.69. The molecular weight excluding hydrogens is 332 g/mol. The minimum atomic E-state index is 0.451. The molecule has 4 rings (SSSR count). The standard InChI is InChI=1S/C24H40N2O/c1-17-6-9-21-20-8-7-18-16-19(26-27-15-5-14-25-4)10-12-24(18,3)22(20)11-13-23(17,21)2/h18,20-22,25H,1,5-16H2,2-4H3/t18?,20?,21?,22?,23-,24+/m1/s1. The summed E-state index contributed by atoms with van der Waals surface area (Å²) in [6.45, 7) is 11.4. The summed E-state index contributed by atoms with van der Waals surface area (Å²) in [4.78, 5) is 5.61. The molecule has 0 heterocycles. The second-order valence-corrected chi connectivity index (χ2v) is 10.4. The Morgan fingerprint density at radius 2 is 1.96 bits per heavy atom.